The number of likely N-dealkylation sites (N-methyl/N-ethyl adjacent to an activating group) is 1. The van der Waals surface area contributed by atoms with E-state index in [2.05, 4.69) is 36.9 Å². The van der Waals surface area contributed by atoms with E-state index in [1.807, 2.05) is 38.2 Å². The van der Waals surface area contributed by atoms with Crippen LogP contribution in [-0.4, -0.2) is 58.9 Å². The van der Waals surface area contributed by atoms with Gasteiger partial charge in [0.25, 0.3) is 5.91 Å². The summed E-state index contributed by atoms with van der Waals surface area (Å²) < 4.78 is 41.1. The van der Waals surface area contributed by atoms with Crippen molar-refractivity contribution in [2.24, 2.45) is 0 Å². The van der Waals surface area contributed by atoms with Crippen LogP contribution in [0.1, 0.15) is 38.3 Å². The Hall–Kier alpha value is -4.26. The van der Waals surface area contributed by atoms with Gasteiger partial charge in [-0.3, -0.25) is 14.7 Å². The lowest BCUT2D eigenvalue weighted by Crippen LogP contribution is -2.43. The van der Waals surface area contributed by atoms with Gasteiger partial charge in [0.15, 0.2) is 0 Å². The van der Waals surface area contributed by atoms with E-state index in [-0.39, 0.29) is 11.3 Å². The first-order valence-corrected chi connectivity index (χ1v) is 12.9. The molecule has 5 rings (SSSR count). The third-order valence-electron chi connectivity index (χ3n) is 6.85. The Bertz CT molecular complexity index is 1620. The zero-order valence-electron chi connectivity index (χ0n) is 22.2. The number of piperazine rings is 1. The monoisotopic (exact) mass is 543 g/mol. The van der Waals surface area contributed by atoms with Gasteiger partial charge in [-0.1, -0.05) is 24.1 Å². The highest BCUT2D eigenvalue weighted by atomic mass is 19.4. The van der Waals surface area contributed by atoms with Crippen LogP contribution in [0.25, 0.3) is 11.0 Å². The van der Waals surface area contributed by atoms with E-state index in [1.165, 1.54) is 0 Å². The molecule has 0 saturated carbocycles. The number of carbonyl (C=O) groups excluding carboxylic acids is 1. The molecule has 6 nitrogen and oxygen atoms in total. The Morgan fingerprint density at radius 1 is 0.975 bits per heavy atom. The number of rotatable bonds is 4. The molecule has 204 valence electrons. The molecular formula is C31H28F3N5O. The topological polar surface area (TPSA) is 61.4 Å². The van der Waals surface area contributed by atoms with Crippen LogP contribution in [0.15, 0.2) is 66.9 Å². The molecule has 1 aliphatic rings. The second-order valence-electron chi connectivity index (χ2n) is 9.97. The van der Waals surface area contributed by atoms with E-state index >= 15 is 0 Å². The van der Waals surface area contributed by atoms with Gasteiger partial charge in [-0.25, -0.2) is 4.98 Å². The van der Waals surface area contributed by atoms with Crippen LogP contribution in [0.4, 0.5) is 18.9 Å². The summed E-state index contributed by atoms with van der Waals surface area (Å²) in [5.41, 5.74) is 3.55. The highest BCUT2D eigenvalue weighted by Crippen LogP contribution is 2.32. The average Bonchev–Trinajstić information content (AvgIpc) is 2.93. The van der Waals surface area contributed by atoms with Gasteiger partial charge in [0.05, 0.1) is 22.8 Å². The molecule has 0 bridgehead atoms. The molecule has 0 unspecified atom stereocenters. The summed E-state index contributed by atoms with van der Waals surface area (Å²) in [5.74, 6) is 5.53. The van der Waals surface area contributed by atoms with Gasteiger partial charge < -0.3 is 10.2 Å². The van der Waals surface area contributed by atoms with Crippen LogP contribution >= 0.6 is 0 Å². The number of anilines is 1. The van der Waals surface area contributed by atoms with E-state index in [0.717, 1.165) is 54.9 Å². The molecule has 2 heterocycles. The van der Waals surface area contributed by atoms with E-state index in [4.69, 9.17) is 0 Å². The Balaban J connectivity index is 1.37. The third-order valence-corrected chi connectivity index (χ3v) is 6.85. The highest BCUT2D eigenvalue weighted by Gasteiger charge is 2.31. The summed E-state index contributed by atoms with van der Waals surface area (Å²) in [4.78, 5) is 26.3. The van der Waals surface area contributed by atoms with Gasteiger partial charge in [-0.2, -0.15) is 13.2 Å². The van der Waals surface area contributed by atoms with Crippen molar-refractivity contribution in [3.63, 3.8) is 0 Å². The van der Waals surface area contributed by atoms with Gasteiger partial charge in [0.1, 0.15) is 5.69 Å². The molecule has 1 saturated heterocycles. The number of hydrogen-bond acceptors (Lipinski definition) is 5. The lowest BCUT2D eigenvalue weighted by molar-refractivity contribution is -0.137. The van der Waals surface area contributed by atoms with Gasteiger partial charge in [-0.15, -0.1) is 0 Å². The number of halogens is 3. The number of benzene rings is 3. The molecule has 0 spiro atoms. The first-order chi connectivity index (χ1) is 19.1. The van der Waals surface area contributed by atoms with Crippen molar-refractivity contribution >= 4 is 22.6 Å². The minimum Gasteiger partial charge on any atom is -0.322 e. The molecule has 1 aromatic heterocycles. The lowest BCUT2D eigenvalue weighted by atomic mass is 10.0. The fraction of sp³-hybridized carbons (Fsp3) is 0.258. The second kappa shape index (κ2) is 11.5. The minimum atomic E-state index is -4.53. The van der Waals surface area contributed by atoms with Crippen LogP contribution in [-0.2, 0) is 12.7 Å². The Kier molecular flexibility index (Phi) is 7.83. The molecule has 9 heteroatoms. The van der Waals surface area contributed by atoms with Gasteiger partial charge in [0.2, 0.25) is 0 Å². The highest BCUT2D eigenvalue weighted by molar-refractivity contribution is 6.04. The largest absolute Gasteiger partial charge is 0.416 e. The number of aryl methyl sites for hydroxylation is 1. The predicted molar refractivity (Wildman–Crippen MR) is 149 cm³/mol. The third kappa shape index (κ3) is 6.65. The number of amides is 1. The number of aromatic nitrogens is 2. The number of para-hydroxylation sites is 2. The molecule has 0 atom stereocenters. The maximum Gasteiger partial charge on any atom is 0.416 e. The van der Waals surface area contributed by atoms with Crippen LogP contribution in [0.2, 0.25) is 0 Å². The number of hydrogen-bond donors (Lipinski definition) is 1. The van der Waals surface area contributed by atoms with E-state index < -0.39 is 17.6 Å². The number of alkyl halides is 3. The molecule has 0 aliphatic carbocycles. The zero-order chi connectivity index (χ0) is 28.3. The maximum absolute atomic E-state index is 13.7. The minimum absolute atomic E-state index is 0.101. The molecule has 1 amide bonds. The Morgan fingerprint density at radius 3 is 2.48 bits per heavy atom. The molecule has 4 aromatic rings. The Labute approximate surface area is 230 Å². The normalized spacial score (nSPS) is 14.5. The molecule has 0 radical (unpaired) electrons. The quantitative estimate of drug-likeness (QED) is 0.352. The molecule has 3 aromatic carbocycles. The van der Waals surface area contributed by atoms with Crippen molar-refractivity contribution in [3.8, 4) is 11.8 Å². The summed E-state index contributed by atoms with van der Waals surface area (Å²) in [5, 5.41) is 2.66. The number of fused-ring (bicyclic) bond motifs is 1. The summed E-state index contributed by atoms with van der Waals surface area (Å²) in [6.07, 6.45) is -2.94. The van der Waals surface area contributed by atoms with Crippen molar-refractivity contribution < 1.29 is 18.0 Å². The Morgan fingerprint density at radius 2 is 1.73 bits per heavy atom. The van der Waals surface area contributed by atoms with Crippen LogP contribution in [0.5, 0.6) is 0 Å². The van der Waals surface area contributed by atoms with E-state index in [9.17, 15) is 18.0 Å². The summed E-state index contributed by atoms with van der Waals surface area (Å²) >= 11 is 0. The molecular weight excluding hydrogens is 515 g/mol. The summed E-state index contributed by atoms with van der Waals surface area (Å²) in [7, 11) is 2.02. The maximum atomic E-state index is 13.7. The smallest absolute Gasteiger partial charge is 0.322 e. The summed E-state index contributed by atoms with van der Waals surface area (Å²) in [6.45, 7) is 5.50. The second-order valence-corrected chi connectivity index (χ2v) is 9.97. The van der Waals surface area contributed by atoms with Gasteiger partial charge >= 0.3 is 6.18 Å². The first kappa shape index (κ1) is 27.3. The first-order valence-electron chi connectivity index (χ1n) is 12.9. The lowest BCUT2D eigenvalue weighted by Gasteiger charge is -2.32. The molecule has 1 fully saturated rings. The van der Waals surface area contributed by atoms with Crippen molar-refractivity contribution in [3.05, 3.63) is 100 Å². The van der Waals surface area contributed by atoms with Crippen LogP contribution in [0.3, 0.4) is 0 Å². The summed E-state index contributed by atoms with van der Waals surface area (Å²) in [6, 6.07) is 16.2. The van der Waals surface area contributed by atoms with E-state index in [0.29, 0.717) is 23.4 Å². The zero-order valence-corrected chi connectivity index (χ0v) is 22.2. The SMILES string of the molecule is Cc1ccc(C(=O)Nc2cc(CN3CCN(C)CC3)cc(C(F)(F)F)c2)cc1C#Cc1cnc2ccccc2n1. The number of nitrogens with one attached hydrogen (secondary N) is 1. The fourth-order valence-electron chi connectivity index (χ4n) is 4.53. The van der Waals surface area contributed by atoms with Crippen molar-refractivity contribution in [1.82, 2.24) is 19.8 Å². The number of carbonyl (C=O) groups is 1. The standard InChI is InChI=1S/C31H28F3N5O/c1-21-7-8-24(17-23(21)9-10-26-19-35-28-5-3-4-6-29(28)36-26)30(40)37-27-16-22(15-25(18-27)31(32,33)34)20-39-13-11-38(2)12-14-39/h3-8,15-19H,11-14,20H2,1-2H3,(H,37,40). The fourth-order valence-corrected chi connectivity index (χ4v) is 4.53. The number of nitrogens with zero attached hydrogens (tertiary/aromatic N) is 4. The van der Waals surface area contributed by atoms with E-state index in [1.54, 1.807) is 30.5 Å². The van der Waals surface area contributed by atoms with Crippen molar-refractivity contribution in [2.75, 3.05) is 38.5 Å². The van der Waals surface area contributed by atoms with Crippen LogP contribution in [0, 0.1) is 18.8 Å². The van der Waals surface area contributed by atoms with Crippen molar-refractivity contribution in [1.29, 1.82) is 0 Å². The molecule has 40 heavy (non-hydrogen) atoms. The van der Waals surface area contributed by atoms with Crippen molar-refractivity contribution in [2.45, 2.75) is 19.6 Å². The van der Waals surface area contributed by atoms with Gasteiger partial charge in [0, 0.05) is 49.5 Å². The molecule has 1 N–H and O–H groups in total. The molecule has 1 aliphatic heterocycles. The van der Waals surface area contributed by atoms with Crippen LogP contribution < -0.4 is 5.32 Å². The predicted octanol–water partition coefficient (Wildman–Crippen LogP) is 5.36. The van der Waals surface area contributed by atoms with Gasteiger partial charge in [-0.05, 0) is 73.5 Å². The average molecular weight is 544 g/mol.